The Bertz CT molecular complexity index is 1650. The van der Waals surface area contributed by atoms with E-state index in [2.05, 4.69) is 23.3 Å². The summed E-state index contributed by atoms with van der Waals surface area (Å²) < 4.78 is 13.2. The SMILES string of the molecule is COc1cccc(-c2ccc(C(=O)N3Cc4ccc(C(=O)N5CCN(C(C)C)CC5)n4Cc4ccccc43)cc2OC)c1. The lowest BCUT2D eigenvalue weighted by Crippen LogP contribution is -2.51. The van der Waals surface area contributed by atoms with Crippen molar-refractivity contribution in [1.82, 2.24) is 14.4 Å². The van der Waals surface area contributed by atoms with Gasteiger partial charge in [0.1, 0.15) is 17.2 Å². The number of anilines is 1. The maximum Gasteiger partial charge on any atom is 0.270 e. The number of methoxy groups -OCH3 is 2. The number of rotatable bonds is 6. The number of fused-ring (bicyclic) bond motifs is 2. The Balaban J connectivity index is 1.30. The summed E-state index contributed by atoms with van der Waals surface area (Å²) in [4.78, 5) is 34.1. The second kappa shape index (κ2) is 12.0. The largest absolute Gasteiger partial charge is 0.497 e. The maximum absolute atomic E-state index is 14.2. The highest BCUT2D eigenvalue weighted by Crippen LogP contribution is 2.35. The van der Waals surface area contributed by atoms with E-state index in [4.69, 9.17) is 9.47 Å². The van der Waals surface area contributed by atoms with Crippen LogP contribution in [-0.2, 0) is 13.1 Å². The molecule has 8 heteroatoms. The molecule has 0 saturated carbocycles. The summed E-state index contributed by atoms with van der Waals surface area (Å²) >= 11 is 0. The Kier molecular flexibility index (Phi) is 7.95. The number of carbonyl (C=O) groups is 2. The van der Waals surface area contributed by atoms with Crippen LogP contribution >= 0.6 is 0 Å². The number of benzene rings is 3. The van der Waals surface area contributed by atoms with Crippen LogP contribution in [0.3, 0.4) is 0 Å². The molecule has 222 valence electrons. The van der Waals surface area contributed by atoms with Crippen molar-refractivity contribution in [2.75, 3.05) is 45.3 Å². The van der Waals surface area contributed by atoms with Crippen molar-refractivity contribution < 1.29 is 19.1 Å². The summed E-state index contributed by atoms with van der Waals surface area (Å²) in [6, 6.07) is 25.6. The van der Waals surface area contributed by atoms with Crippen molar-refractivity contribution >= 4 is 17.5 Å². The summed E-state index contributed by atoms with van der Waals surface area (Å²) in [5, 5.41) is 0. The second-order valence-electron chi connectivity index (χ2n) is 11.4. The smallest absolute Gasteiger partial charge is 0.270 e. The number of amides is 2. The van der Waals surface area contributed by atoms with Crippen LogP contribution in [0.2, 0.25) is 0 Å². The van der Waals surface area contributed by atoms with E-state index < -0.39 is 0 Å². The van der Waals surface area contributed by atoms with Crippen LogP contribution in [-0.4, -0.2) is 72.6 Å². The molecule has 4 aromatic rings. The lowest BCUT2D eigenvalue weighted by Gasteiger charge is -2.37. The van der Waals surface area contributed by atoms with Gasteiger partial charge in [-0.05, 0) is 73.5 Å². The van der Waals surface area contributed by atoms with E-state index >= 15 is 0 Å². The number of nitrogens with zero attached hydrogens (tertiary/aromatic N) is 4. The molecule has 8 nitrogen and oxygen atoms in total. The standard InChI is InChI=1S/C35H38N4O4/c1-24(2)36-16-18-37(19-17-36)35(41)32-15-13-28-23-39(31-11-6-5-8-27(31)22-38(28)32)34(40)26-12-14-30(33(21-26)43-4)25-9-7-10-29(20-25)42-3/h5-15,20-21,24H,16-19,22-23H2,1-4H3. The number of piperazine rings is 1. The molecule has 0 aliphatic carbocycles. The van der Waals surface area contributed by atoms with Crippen LogP contribution < -0.4 is 14.4 Å². The van der Waals surface area contributed by atoms with Crippen LogP contribution in [0.15, 0.2) is 78.9 Å². The molecule has 2 aliphatic heterocycles. The Morgan fingerprint density at radius 3 is 2.30 bits per heavy atom. The average molecular weight is 579 g/mol. The normalized spacial score (nSPS) is 15.1. The van der Waals surface area contributed by atoms with E-state index in [1.165, 1.54) is 0 Å². The molecule has 0 spiro atoms. The Labute approximate surface area is 253 Å². The molecule has 1 fully saturated rings. The Hall–Kier alpha value is -4.56. The first-order chi connectivity index (χ1) is 20.9. The Morgan fingerprint density at radius 1 is 0.767 bits per heavy atom. The first-order valence-electron chi connectivity index (χ1n) is 14.8. The van der Waals surface area contributed by atoms with Crippen molar-refractivity contribution in [3.63, 3.8) is 0 Å². The predicted octanol–water partition coefficient (Wildman–Crippen LogP) is 5.55. The number of ether oxygens (including phenoxy) is 2. The summed E-state index contributed by atoms with van der Waals surface area (Å²) in [6.07, 6.45) is 0. The van der Waals surface area contributed by atoms with E-state index in [1.54, 1.807) is 20.3 Å². The lowest BCUT2D eigenvalue weighted by atomic mass is 10.0. The van der Waals surface area contributed by atoms with Gasteiger partial charge in [-0.1, -0.05) is 30.3 Å². The van der Waals surface area contributed by atoms with Crippen LogP contribution in [0, 0.1) is 0 Å². The van der Waals surface area contributed by atoms with Crippen LogP contribution in [0.25, 0.3) is 11.1 Å². The minimum Gasteiger partial charge on any atom is -0.497 e. The van der Waals surface area contributed by atoms with Crippen LogP contribution in [0.4, 0.5) is 5.69 Å². The third-order valence-electron chi connectivity index (χ3n) is 8.63. The maximum atomic E-state index is 14.2. The van der Waals surface area contributed by atoms with E-state index in [9.17, 15) is 9.59 Å². The van der Waals surface area contributed by atoms with Gasteiger partial charge < -0.3 is 23.8 Å². The second-order valence-corrected chi connectivity index (χ2v) is 11.4. The zero-order valence-corrected chi connectivity index (χ0v) is 25.2. The molecule has 0 radical (unpaired) electrons. The molecule has 0 unspecified atom stereocenters. The third kappa shape index (κ3) is 5.50. The van der Waals surface area contributed by atoms with Gasteiger partial charge in [-0.25, -0.2) is 0 Å². The van der Waals surface area contributed by atoms with Crippen LogP contribution in [0.5, 0.6) is 11.5 Å². The van der Waals surface area contributed by atoms with Crippen LogP contribution in [0.1, 0.15) is 46.0 Å². The van der Waals surface area contributed by atoms with Gasteiger partial charge >= 0.3 is 0 Å². The fourth-order valence-corrected chi connectivity index (χ4v) is 6.14. The van der Waals surface area contributed by atoms with E-state index in [0.29, 0.717) is 49.2 Å². The highest BCUT2D eigenvalue weighted by molar-refractivity contribution is 6.07. The van der Waals surface area contributed by atoms with Gasteiger partial charge in [-0.3, -0.25) is 14.5 Å². The highest BCUT2D eigenvalue weighted by atomic mass is 16.5. The summed E-state index contributed by atoms with van der Waals surface area (Å²) in [7, 11) is 3.25. The topological polar surface area (TPSA) is 67.2 Å². The molecule has 3 aromatic carbocycles. The van der Waals surface area contributed by atoms with Gasteiger partial charge in [0.05, 0.1) is 27.3 Å². The summed E-state index contributed by atoms with van der Waals surface area (Å²) in [6.45, 7) is 8.45. The first kappa shape index (κ1) is 28.6. The molecule has 3 heterocycles. The monoisotopic (exact) mass is 578 g/mol. The van der Waals surface area contributed by atoms with Gasteiger partial charge in [0, 0.05) is 54.7 Å². The van der Waals surface area contributed by atoms with Crippen molar-refractivity contribution in [3.8, 4) is 22.6 Å². The van der Waals surface area contributed by atoms with E-state index in [1.807, 2.05) is 82.6 Å². The number of hydrogen-bond donors (Lipinski definition) is 0. The minimum absolute atomic E-state index is 0.0461. The summed E-state index contributed by atoms with van der Waals surface area (Å²) in [5.74, 6) is 1.27. The number of para-hydroxylation sites is 1. The molecule has 2 amide bonds. The number of hydrogen-bond acceptors (Lipinski definition) is 5. The molecule has 6 rings (SSSR count). The summed E-state index contributed by atoms with van der Waals surface area (Å²) in [5.41, 5.74) is 5.77. The van der Waals surface area contributed by atoms with Gasteiger partial charge in [-0.15, -0.1) is 0 Å². The molecular formula is C35H38N4O4. The lowest BCUT2D eigenvalue weighted by molar-refractivity contribution is 0.0585. The van der Waals surface area contributed by atoms with Gasteiger partial charge in [0.25, 0.3) is 11.8 Å². The molecule has 0 bridgehead atoms. The minimum atomic E-state index is -0.129. The van der Waals surface area contributed by atoms with Gasteiger partial charge in [-0.2, -0.15) is 0 Å². The van der Waals surface area contributed by atoms with Crippen molar-refractivity contribution in [2.45, 2.75) is 33.0 Å². The van der Waals surface area contributed by atoms with E-state index in [0.717, 1.165) is 46.9 Å². The van der Waals surface area contributed by atoms with Gasteiger partial charge in [0.15, 0.2) is 0 Å². The molecule has 1 saturated heterocycles. The fraction of sp³-hybridized carbons (Fsp3) is 0.314. The quantitative estimate of drug-likeness (QED) is 0.300. The predicted molar refractivity (Wildman–Crippen MR) is 168 cm³/mol. The number of carbonyl (C=O) groups excluding carboxylic acids is 2. The van der Waals surface area contributed by atoms with E-state index in [-0.39, 0.29) is 11.8 Å². The molecule has 0 N–H and O–H groups in total. The zero-order valence-electron chi connectivity index (χ0n) is 25.2. The number of aromatic nitrogens is 1. The average Bonchev–Trinajstić information content (AvgIpc) is 3.36. The van der Waals surface area contributed by atoms with Crippen molar-refractivity contribution in [2.24, 2.45) is 0 Å². The van der Waals surface area contributed by atoms with Crippen molar-refractivity contribution in [1.29, 1.82) is 0 Å². The molecule has 43 heavy (non-hydrogen) atoms. The third-order valence-corrected chi connectivity index (χ3v) is 8.63. The van der Waals surface area contributed by atoms with Crippen molar-refractivity contribution in [3.05, 3.63) is 101 Å². The molecule has 2 aliphatic rings. The first-order valence-corrected chi connectivity index (χ1v) is 14.8. The fourth-order valence-electron chi connectivity index (χ4n) is 6.14. The molecule has 0 atom stereocenters. The highest BCUT2D eigenvalue weighted by Gasteiger charge is 2.30. The molecule has 1 aromatic heterocycles. The van der Waals surface area contributed by atoms with Gasteiger partial charge in [0.2, 0.25) is 0 Å². The zero-order chi connectivity index (χ0) is 30.1. The molecular weight excluding hydrogens is 540 g/mol. The Morgan fingerprint density at radius 2 is 1.56 bits per heavy atom.